The molecule has 1 aliphatic heterocycles. The van der Waals surface area contributed by atoms with Gasteiger partial charge in [-0.05, 0) is 17.7 Å². The monoisotopic (exact) mass is 270 g/mol. The highest BCUT2D eigenvalue weighted by molar-refractivity contribution is 5.66. The summed E-state index contributed by atoms with van der Waals surface area (Å²) in [5.74, 6) is 0.426. The standard InChI is InChI=1S/C16H14O4/c17-12-6-7-13(14(18)9-12)15-10-19-16(20-15)8-11-4-2-1-3-5-11/h1-7,9-10,16-18H,8H2. The molecule has 0 bridgehead atoms. The van der Waals surface area contributed by atoms with E-state index in [1.807, 2.05) is 30.3 Å². The van der Waals surface area contributed by atoms with Crippen molar-refractivity contribution in [3.63, 3.8) is 0 Å². The Morgan fingerprint density at radius 3 is 2.55 bits per heavy atom. The molecule has 0 spiro atoms. The Labute approximate surface area is 116 Å². The molecule has 4 heteroatoms. The van der Waals surface area contributed by atoms with E-state index in [4.69, 9.17) is 9.47 Å². The second-order valence-corrected chi connectivity index (χ2v) is 4.56. The average Bonchev–Trinajstić information content (AvgIpc) is 2.88. The molecule has 0 fully saturated rings. The van der Waals surface area contributed by atoms with Gasteiger partial charge in [-0.15, -0.1) is 0 Å². The molecule has 1 heterocycles. The molecule has 0 radical (unpaired) electrons. The molecule has 20 heavy (non-hydrogen) atoms. The van der Waals surface area contributed by atoms with Crippen LogP contribution in [0.5, 0.6) is 11.5 Å². The largest absolute Gasteiger partial charge is 0.508 e. The molecule has 1 aliphatic rings. The third-order valence-corrected chi connectivity index (χ3v) is 3.08. The van der Waals surface area contributed by atoms with Gasteiger partial charge in [0.2, 0.25) is 6.29 Å². The molecule has 102 valence electrons. The van der Waals surface area contributed by atoms with Gasteiger partial charge in [0.05, 0.1) is 5.56 Å². The third kappa shape index (κ3) is 2.54. The zero-order valence-corrected chi connectivity index (χ0v) is 10.7. The number of phenolic OH excluding ortho intramolecular Hbond substituents is 2. The highest BCUT2D eigenvalue weighted by Crippen LogP contribution is 2.33. The molecular formula is C16H14O4. The van der Waals surface area contributed by atoms with Crippen LogP contribution in [0.4, 0.5) is 0 Å². The van der Waals surface area contributed by atoms with Gasteiger partial charge in [-0.2, -0.15) is 0 Å². The van der Waals surface area contributed by atoms with Gasteiger partial charge in [0.25, 0.3) is 0 Å². The van der Waals surface area contributed by atoms with E-state index in [1.165, 1.54) is 18.4 Å². The average molecular weight is 270 g/mol. The van der Waals surface area contributed by atoms with Crippen LogP contribution in [0.2, 0.25) is 0 Å². The van der Waals surface area contributed by atoms with Gasteiger partial charge in [-0.3, -0.25) is 0 Å². The van der Waals surface area contributed by atoms with Gasteiger partial charge in [-0.25, -0.2) is 0 Å². The van der Waals surface area contributed by atoms with Crippen LogP contribution < -0.4 is 0 Å². The first kappa shape index (κ1) is 12.4. The van der Waals surface area contributed by atoms with Crippen molar-refractivity contribution in [2.45, 2.75) is 12.7 Å². The first-order chi connectivity index (χ1) is 9.72. The van der Waals surface area contributed by atoms with Crippen molar-refractivity contribution in [3.8, 4) is 11.5 Å². The molecule has 2 aromatic carbocycles. The lowest BCUT2D eigenvalue weighted by Gasteiger charge is -2.12. The molecular weight excluding hydrogens is 256 g/mol. The van der Waals surface area contributed by atoms with Gasteiger partial charge in [0, 0.05) is 12.5 Å². The SMILES string of the molecule is Oc1ccc(C2=COC(Cc3ccccc3)O2)c(O)c1. The van der Waals surface area contributed by atoms with E-state index in [0.717, 1.165) is 5.56 Å². The number of rotatable bonds is 3. The van der Waals surface area contributed by atoms with Gasteiger partial charge < -0.3 is 19.7 Å². The molecule has 1 unspecified atom stereocenters. The minimum atomic E-state index is -0.402. The number of aromatic hydroxyl groups is 2. The highest BCUT2D eigenvalue weighted by Gasteiger charge is 2.23. The van der Waals surface area contributed by atoms with E-state index in [1.54, 1.807) is 6.07 Å². The Balaban J connectivity index is 1.70. The van der Waals surface area contributed by atoms with Crippen molar-refractivity contribution in [2.24, 2.45) is 0 Å². The topological polar surface area (TPSA) is 58.9 Å². The molecule has 2 aromatic rings. The predicted molar refractivity (Wildman–Crippen MR) is 73.9 cm³/mol. The van der Waals surface area contributed by atoms with Crippen LogP contribution >= 0.6 is 0 Å². The summed E-state index contributed by atoms with van der Waals surface area (Å²) in [6.07, 6.45) is 1.71. The lowest BCUT2D eigenvalue weighted by molar-refractivity contribution is -0.0136. The molecule has 0 saturated carbocycles. The normalized spacial score (nSPS) is 17.2. The first-order valence-corrected chi connectivity index (χ1v) is 6.31. The quantitative estimate of drug-likeness (QED) is 0.900. The van der Waals surface area contributed by atoms with Crippen LogP contribution in [0, 0.1) is 0 Å². The molecule has 3 rings (SSSR count). The zero-order chi connectivity index (χ0) is 13.9. The molecule has 0 amide bonds. The van der Waals surface area contributed by atoms with E-state index < -0.39 is 6.29 Å². The Morgan fingerprint density at radius 1 is 1.00 bits per heavy atom. The van der Waals surface area contributed by atoms with Crippen molar-refractivity contribution in [1.29, 1.82) is 0 Å². The number of phenols is 2. The fraction of sp³-hybridized carbons (Fsp3) is 0.125. The molecule has 0 aliphatic carbocycles. The molecule has 0 aromatic heterocycles. The van der Waals surface area contributed by atoms with Crippen LogP contribution in [-0.2, 0) is 15.9 Å². The molecule has 2 N–H and O–H groups in total. The van der Waals surface area contributed by atoms with E-state index in [-0.39, 0.29) is 11.5 Å². The summed E-state index contributed by atoms with van der Waals surface area (Å²) in [6.45, 7) is 0. The van der Waals surface area contributed by atoms with Gasteiger partial charge in [-0.1, -0.05) is 30.3 Å². The Morgan fingerprint density at radius 2 is 1.80 bits per heavy atom. The fourth-order valence-electron chi connectivity index (χ4n) is 2.09. The van der Waals surface area contributed by atoms with Gasteiger partial charge >= 0.3 is 0 Å². The Bertz CT molecular complexity index is 634. The number of ether oxygens (including phenoxy) is 2. The van der Waals surface area contributed by atoms with Crippen molar-refractivity contribution < 1.29 is 19.7 Å². The zero-order valence-electron chi connectivity index (χ0n) is 10.7. The second-order valence-electron chi connectivity index (χ2n) is 4.56. The van der Waals surface area contributed by atoms with E-state index >= 15 is 0 Å². The highest BCUT2D eigenvalue weighted by atomic mass is 16.7. The van der Waals surface area contributed by atoms with Crippen LogP contribution in [0.25, 0.3) is 5.76 Å². The Kier molecular flexibility index (Phi) is 3.21. The lowest BCUT2D eigenvalue weighted by Crippen LogP contribution is -2.11. The van der Waals surface area contributed by atoms with Crippen molar-refractivity contribution in [3.05, 3.63) is 65.9 Å². The fourth-order valence-corrected chi connectivity index (χ4v) is 2.09. The van der Waals surface area contributed by atoms with E-state index in [9.17, 15) is 10.2 Å². The van der Waals surface area contributed by atoms with Crippen LogP contribution in [0.1, 0.15) is 11.1 Å². The summed E-state index contributed by atoms with van der Waals surface area (Å²) >= 11 is 0. The summed E-state index contributed by atoms with van der Waals surface area (Å²) in [5.41, 5.74) is 1.61. The lowest BCUT2D eigenvalue weighted by atomic mass is 10.1. The molecule has 4 nitrogen and oxygen atoms in total. The Hall–Kier alpha value is -2.62. The van der Waals surface area contributed by atoms with Gasteiger partial charge in [0.15, 0.2) is 5.76 Å². The maximum absolute atomic E-state index is 9.79. The maximum Gasteiger partial charge on any atom is 0.244 e. The summed E-state index contributed by atoms with van der Waals surface area (Å²) in [4.78, 5) is 0. The third-order valence-electron chi connectivity index (χ3n) is 3.08. The smallest absolute Gasteiger partial charge is 0.244 e. The van der Waals surface area contributed by atoms with E-state index in [0.29, 0.717) is 17.7 Å². The number of benzene rings is 2. The summed E-state index contributed by atoms with van der Waals surface area (Å²) in [7, 11) is 0. The minimum absolute atomic E-state index is 0.00611. The van der Waals surface area contributed by atoms with Crippen LogP contribution in [-0.4, -0.2) is 16.5 Å². The summed E-state index contributed by atoms with van der Waals surface area (Å²) < 4.78 is 11.1. The first-order valence-electron chi connectivity index (χ1n) is 6.31. The second kappa shape index (κ2) is 5.17. The summed E-state index contributed by atoms with van der Waals surface area (Å²) in [5, 5.41) is 19.1. The van der Waals surface area contributed by atoms with Crippen LogP contribution in [0.3, 0.4) is 0 Å². The summed E-state index contributed by atoms with van der Waals surface area (Å²) in [6, 6.07) is 14.2. The van der Waals surface area contributed by atoms with Gasteiger partial charge in [0.1, 0.15) is 17.8 Å². The van der Waals surface area contributed by atoms with Crippen molar-refractivity contribution in [2.75, 3.05) is 0 Å². The van der Waals surface area contributed by atoms with Crippen LogP contribution in [0.15, 0.2) is 54.8 Å². The number of hydrogen-bond acceptors (Lipinski definition) is 4. The minimum Gasteiger partial charge on any atom is -0.508 e. The van der Waals surface area contributed by atoms with Crippen molar-refractivity contribution >= 4 is 5.76 Å². The predicted octanol–water partition coefficient (Wildman–Crippen LogP) is 3.01. The maximum atomic E-state index is 9.79. The number of hydrogen-bond donors (Lipinski definition) is 2. The van der Waals surface area contributed by atoms with Crippen molar-refractivity contribution in [1.82, 2.24) is 0 Å². The molecule has 0 saturated heterocycles. The van der Waals surface area contributed by atoms with E-state index in [2.05, 4.69) is 0 Å². The molecule has 1 atom stereocenters.